The predicted octanol–water partition coefficient (Wildman–Crippen LogP) is 4.55. The number of hydrogen-bond donors (Lipinski definition) is 0. The smallest absolute Gasteiger partial charge is 0.119 e. The quantitative estimate of drug-likeness (QED) is 0.808. The summed E-state index contributed by atoms with van der Waals surface area (Å²) in [7, 11) is 1.81. The highest BCUT2D eigenvalue weighted by molar-refractivity contribution is 5.45. The zero-order valence-electron chi connectivity index (χ0n) is 15.3. The Morgan fingerprint density at radius 3 is 2.83 bits per heavy atom. The monoisotopic (exact) mass is 325 g/mol. The summed E-state index contributed by atoms with van der Waals surface area (Å²) in [5.41, 5.74) is 3.72. The average Bonchev–Trinajstić information content (AvgIpc) is 3.46. The van der Waals surface area contributed by atoms with Crippen molar-refractivity contribution in [2.75, 3.05) is 13.7 Å². The number of ether oxygens (including phenoxy) is 1. The van der Waals surface area contributed by atoms with E-state index in [1.165, 1.54) is 57.9 Å². The van der Waals surface area contributed by atoms with Crippen molar-refractivity contribution in [3.05, 3.63) is 29.3 Å². The van der Waals surface area contributed by atoms with Gasteiger partial charge >= 0.3 is 0 Å². The molecular formula is C22H31NO. The Labute approximate surface area is 146 Å². The van der Waals surface area contributed by atoms with Crippen LogP contribution in [-0.2, 0) is 11.8 Å². The molecule has 0 aromatic heterocycles. The molecule has 130 valence electrons. The van der Waals surface area contributed by atoms with Crippen LogP contribution in [0.2, 0.25) is 0 Å². The molecule has 2 saturated carbocycles. The number of rotatable bonds is 3. The molecule has 1 aromatic carbocycles. The third-order valence-electron chi connectivity index (χ3n) is 7.91. The summed E-state index contributed by atoms with van der Waals surface area (Å²) in [5.74, 6) is 2.92. The Morgan fingerprint density at radius 1 is 1.17 bits per heavy atom. The Bertz CT molecular complexity index is 637. The molecule has 0 spiro atoms. The first-order valence-corrected chi connectivity index (χ1v) is 10.2. The van der Waals surface area contributed by atoms with E-state index in [1.807, 2.05) is 7.11 Å². The Morgan fingerprint density at radius 2 is 2.04 bits per heavy atom. The largest absolute Gasteiger partial charge is 0.497 e. The van der Waals surface area contributed by atoms with Gasteiger partial charge in [0, 0.05) is 17.5 Å². The minimum Gasteiger partial charge on any atom is -0.497 e. The van der Waals surface area contributed by atoms with Crippen molar-refractivity contribution in [3.8, 4) is 5.75 Å². The molecule has 2 bridgehead atoms. The van der Waals surface area contributed by atoms with Gasteiger partial charge < -0.3 is 4.74 Å². The van der Waals surface area contributed by atoms with Gasteiger partial charge in [-0.2, -0.15) is 0 Å². The van der Waals surface area contributed by atoms with Gasteiger partial charge in [0.2, 0.25) is 0 Å². The lowest BCUT2D eigenvalue weighted by molar-refractivity contribution is -0.0343. The molecule has 0 radical (unpaired) electrons. The van der Waals surface area contributed by atoms with E-state index in [4.69, 9.17) is 4.74 Å². The minimum atomic E-state index is 0.449. The van der Waals surface area contributed by atoms with E-state index >= 15 is 0 Å². The maximum atomic E-state index is 5.58. The fourth-order valence-corrected chi connectivity index (χ4v) is 6.50. The molecule has 2 heteroatoms. The number of likely N-dealkylation sites (tertiary alicyclic amines) is 1. The molecule has 4 aliphatic rings. The highest BCUT2D eigenvalue weighted by Crippen LogP contribution is 2.57. The minimum absolute atomic E-state index is 0.449. The second-order valence-electron chi connectivity index (χ2n) is 8.87. The summed E-state index contributed by atoms with van der Waals surface area (Å²) in [5, 5.41) is 0. The highest BCUT2D eigenvalue weighted by Gasteiger charge is 2.55. The Kier molecular flexibility index (Phi) is 3.49. The molecular weight excluding hydrogens is 294 g/mol. The first-order chi connectivity index (χ1) is 11.7. The summed E-state index contributed by atoms with van der Waals surface area (Å²) < 4.78 is 5.58. The molecule has 24 heavy (non-hydrogen) atoms. The van der Waals surface area contributed by atoms with Crippen LogP contribution in [0.4, 0.5) is 0 Å². The SMILES string of the molecule is COc1ccc2c(c1)C13CCCCC1[C@@H](C2)N(C(C)C1CC1)CC3. The van der Waals surface area contributed by atoms with Gasteiger partial charge in [0.25, 0.3) is 0 Å². The maximum Gasteiger partial charge on any atom is 0.119 e. The van der Waals surface area contributed by atoms with Crippen molar-refractivity contribution in [2.24, 2.45) is 11.8 Å². The molecule has 3 unspecified atom stereocenters. The summed E-state index contributed by atoms with van der Waals surface area (Å²) in [6, 6.07) is 8.54. The normalized spacial score (nSPS) is 36.6. The molecule has 5 rings (SSSR count). The van der Waals surface area contributed by atoms with Crippen LogP contribution in [0, 0.1) is 11.8 Å². The first-order valence-electron chi connectivity index (χ1n) is 10.2. The van der Waals surface area contributed by atoms with Crippen molar-refractivity contribution in [3.63, 3.8) is 0 Å². The fourth-order valence-electron chi connectivity index (χ4n) is 6.50. The van der Waals surface area contributed by atoms with Crippen molar-refractivity contribution >= 4 is 0 Å². The molecule has 1 heterocycles. The molecule has 1 aromatic rings. The molecule has 2 nitrogen and oxygen atoms in total. The number of fused-ring (bicyclic) bond motifs is 1. The zero-order chi connectivity index (χ0) is 16.3. The Balaban J connectivity index is 1.58. The number of piperidine rings is 1. The number of benzene rings is 1. The topological polar surface area (TPSA) is 12.5 Å². The summed E-state index contributed by atoms with van der Waals surface area (Å²) in [6.07, 6.45) is 11.3. The van der Waals surface area contributed by atoms with E-state index in [0.717, 1.165) is 29.7 Å². The molecule has 4 atom stereocenters. The summed E-state index contributed by atoms with van der Waals surface area (Å²) >= 11 is 0. The van der Waals surface area contributed by atoms with Gasteiger partial charge in [-0.25, -0.2) is 0 Å². The van der Waals surface area contributed by atoms with Gasteiger partial charge in [-0.3, -0.25) is 4.90 Å². The maximum absolute atomic E-state index is 5.58. The lowest BCUT2D eigenvalue weighted by Gasteiger charge is -2.60. The van der Waals surface area contributed by atoms with Gasteiger partial charge in [-0.1, -0.05) is 18.9 Å². The fraction of sp³-hybridized carbons (Fsp3) is 0.727. The van der Waals surface area contributed by atoms with Gasteiger partial charge in [0.15, 0.2) is 0 Å². The second-order valence-corrected chi connectivity index (χ2v) is 8.87. The van der Waals surface area contributed by atoms with E-state index in [1.54, 1.807) is 11.1 Å². The van der Waals surface area contributed by atoms with Crippen LogP contribution >= 0.6 is 0 Å². The van der Waals surface area contributed by atoms with E-state index < -0.39 is 0 Å². The molecule has 0 amide bonds. The van der Waals surface area contributed by atoms with Gasteiger partial charge in [0.1, 0.15) is 5.75 Å². The lowest BCUT2D eigenvalue weighted by Crippen LogP contribution is -2.62. The molecule has 1 saturated heterocycles. The molecule has 0 N–H and O–H groups in total. The van der Waals surface area contributed by atoms with E-state index in [-0.39, 0.29) is 0 Å². The van der Waals surface area contributed by atoms with Crippen LogP contribution in [0.25, 0.3) is 0 Å². The van der Waals surface area contributed by atoms with Crippen LogP contribution < -0.4 is 4.74 Å². The van der Waals surface area contributed by atoms with Crippen molar-refractivity contribution in [1.29, 1.82) is 0 Å². The van der Waals surface area contributed by atoms with E-state index in [0.29, 0.717) is 5.41 Å². The number of methoxy groups -OCH3 is 1. The number of hydrogen-bond acceptors (Lipinski definition) is 2. The van der Waals surface area contributed by atoms with E-state index in [9.17, 15) is 0 Å². The highest BCUT2D eigenvalue weighted by atomic mass is 16.5. The standard InChI is InChI=1S/C22H31NO/c1-15(16-6-7-16)23-12-11-22-10-4-3-5-19(22)21(23)13-17-8-9-18(24-2)14-20(17)22/h8-9,14-16,19,21H,3-7,10-13H2,1-2H3/t15?,19?,21-,22?/m1/s1. The predicted molar refractivity (Wildman–Crippen MR) is 97.6 cm³/mol. The molecule has 1 aliphatic heterocycles. The van der Waals surface area contributed by atoms with Crippen LogP contribution in [0.3, 0.4) is 0 Å². The van der Waals surface area contributed by atoms with Gasteiger partial charge in [-0.05, 0) is 87.1 Å². The first kappa shape index (κ1) is 15.3. The van der Waals surface area contributed by atoms with E-state index in [2.05, 4.69) is 30.0 Å². The van der Waals surface area contributed by atoms with Crippen LogP contribution in [0.1, 0.15) is 63.0 Å². The van der Waals surface area contributed by atoms with Crippen LogP contribution in [0.5, 0.6) is 5.75 Å². The lowest BCUT2D eigenvalue weighted by atomic mass is 9.52. The summed E-state index contributed by atoms with van der Waals surface area (Å²) in [4.78, 5) is 2.93. The van der Waals surface area contributed by atoms with Crippen molar-refractivity contribution in [2.45, 2.75) is 75.8 Å². The third kappa shape index (κ3) is 2.11. The molecule has 3 aliphatic carbocycles. The molecule has 3 fully saturated rings. The third-order valence-corrected chi connectivity index (χ3v) is 7.91. The van der Waals surface area contributed by atoms with Crippen molar-refractivity contribution < 1.29 is 4.74 Å². The zero-order valence-corrected chi connectivity index (χ0v) is 15.3. The van der Waals surface area contributed by atoms with Crippen LogP contribution in [0.15, 0.2) is 18.2 Å². The average molecular weight is 325 g/mol. The Hall–Kier alpha value is -1.02. The van der Waals surface area contributed by atoms with Gasteiger partial charge in [-0.15, -0.1) is 0 Å². The summed E-state index contributed by atoms with van der Waals surface area (Å²) in [6.45, 7) is 3.83. The second kappa shape index (κ2) is 5.49. The van der Waals surface area contributed by atoms with Crippen LogP contribution in [-0.4, -0.2) is 30.6 Å². The number of nitrogens with zero attached hydrogens (tertiary/aromatic N) is 1. The van der Waals surface area contributed by atoms with Crippen molar-refractivity contribution in [1.82, 2.24) is 4.90 Å². The van der Waals surface area contributed by atoms with Gasteiger partial charge in [0.05, 0.1) is 7.11 Å².